The van der Waals surface area contributed by atoms with Crippen molar-refractivity contribution in [2.75, 3.05) is 0 Å². The van der Waals surface area contributed by atoms with Gasteiger partial charge in [0.2, 0.25) is 0 Å². The molecule has 0 aromatic rings. The summed E-state index contributed by atoms with van der Waals surface area (Å²) < 4.78 is 0. The SMILES string of the molecule is CC(C)(C)/C(=C/[Si](C)(C)C)[N-]NC([CH-][Si](C)(C)C)C(C)(C)C.[Li+].[Li+]. The van der Waals surface area contributed by atoms with Gasteiger partial charge in [-0.15, -0.1) is 19.8 Å². The van der Waals surface area contributed by atoms with Crippen LogP contribution in [0, 0.1) is 16.9 Å². The Morgan fingerprint density at radius 3 is 1.58 bits per heavy atom. The third kappa shape index (κ3) is 14.3. The zero-order chi connectivity index (χ0) is 18.0. The topological polar surface area (TPSA) is 26.1 Å². The van der Waals surface area contributed by atoms with E-state index in [9.17, 15) is 0 Å². The Bertz CT molecular complexity index is 384. The van der Waals surface area contributed by atoms with E-state index in [1.54, 1.807) is 0 Å². The minimum Gasteiger partial charge on any atom is -0.628 e. The first kappa shape index (κ1) is 29.9. The van der Waals surface area contributed by atoms with Gasteiger partial charge in [-0.05, 0) is 5.41 Å². The van der Waals surface area contributed by atoms with Gasteiger partial charge in [0.25, 0.3) is 0 Å². The third-order valence-electron chi connectivity index (χ3n) is 3.26. The van der Waals surface area contributed by atoms with Crippen molar-refractivity contribution >= 4 is 16.1 Å². The first-order chi connectivity index (χ1) is 9.42. The number of allylic oxidation sites excluding steroid dienone is 1. The fourth-order valence-corrected chi connectivity index (χ4v) is 4.84. The maximum Gasteiger partial charge on any atom is 1.00 e. The van der Waals surface area contributed by atoms with E-state index in [2.05, 4.69) is 98.0 Å². The molecule has 0 amide bonds. The van der Waals surface area contributed by atoms with Gasteiger partial charge in [-0.3, -0.25) is 0 Å². The molecule has 1 N–H and O–H groups in total. The fraction of sp³-hybridized carbons (Fsp3) is 0.833. The van der Waals surface area contributed by atoms with Gasteiger partial charge in [0.1, 0.15) is 0 Å². The van der Waals surface area contributed by atoms with E-state index in [4.69, 9.17) is 5.43 Å². The molecule has 0 fully saturated rings. The van der Waals surface area contributed by atoms with E-state index in [-0.39, 0.29) is 48.6 Å². The van der Waals surface area contributed by atoms with Gasteiger partial charge >= 0.3 is 37.7 Å². The average Bonchev–Trinajstić information content (AvgIpc) is 2.15. The minimum absolute atomic E-state index is 0. The summed E-state index contributed by atoms with van der Waals surface area (Å²) >= 11 is 0. The molecule has 132 valence electrons. The Morgan fingerprint density at radius 2 is 1.33 bits per heavy atom. The normalized spacial score (nSPS) is 15.2. The number of nitrogens with one attached hydrogen (secondary N) is 1. The largest absolute Gasteiger partial charge is 1.00 e. The molecule has 0 rings (SSSR count). The van der Waals surface area contributed by atoms with Crippen LogP contribution in [0.25, 0.3) is 5.43 Å². The van der Waals surface area contributed by atoms with Crippen LogP contribution >= 0.6 is 0 Å². The molecule has 0 aromatic heterocycles. The molecule has 0 saturated heterocycles. The Hall–Kier alpha value is 1.13. The standard InChI is InChI=1S/C18H40N2Si2.2Li/c1-17(2,3)15(13-21(7,8)9)19-20-16(18(4,5)6)14-22(10,11)12;;/h13-15,19H,1-12H3;;/q-2;2*+1/b16-14-;;. The van der Waals surface area contributed by atoms with Gasteiger partial charge in [0.15, 0.2) is 0 Å². The van der Waals surface area contributed by atoms with E-state index in [0.29, 0.717) is 6.04 Å². The molecule has 24 heavy (non-hydrogen) atoms. The molecular formula is C18H40Li2N2Si2. The van der Waals surface area contributed by atoms with Gasteiger partial charge in [0, 0.05) is 0 Å². The maximum atomic E-state index is 4.87. The molecular weight excluding hydrogens is 314 g/mol. The third-order valence-corrected chi connectivity index (χ3v) is 5.73. The predicted molar refractivity (Wildman–Crippen MR) is 108 cm³/mol. The van der Waals surface area contributed by atoms with Crippen molar-refractivity contribution in [3.8, 4) is 0 Å². The molecule has 0 aliphatic rings. The molecule has 6 heteroatoms. The fourth-order valence-electron chi connectivity index (χ4n) is 1.95. The smallest absolute Gasteiger partial charge is 0.628 e. The Balaban J connectivity index is -0.00000220. The number of hydrogen-bond donors (Lipinski definition) is 1. The van der Waals surface area contributed by atoms with Crippen molar-refractivity contribution in [3.63, 3.8) is 0 Å². The van der Waals surface area contributed by atoms with Gasteiger partial charge in [-0.2, -0.15) is 5.70 Å². The molecule has 0 spiro atoms. The van der Waals surface area contributed by atoms with Crippen LogP contribution in [0.4, 0.5) is 0 Å². The summed E-state index contributed by atoms with van der Waals surface area (Å²) in [7, 11) is -2.55. The van der Waals surface area contributed by atoms with Gasteiger partial charge < -0.3 is 16.9 Å². The summed E-state index contributed by atoms with van der Waals surface area (Å²) in [5.74, 6) is 0. The summed E-state index contributed by atoms with van der Waals surface area (Å²) in [6, 6.07) is 2.83. The van der Waals surface area contributed by atoms with Crippen LogP contribution in [0.2, 0.25) is 39.3 Å². The molecule has 0 bridgehead atoms. The van der Waals surface area contributed by atoms with Crippen molar-refractivity contribution < 1.29 is 37.7 Å². The van der Waals surface area contributed by atoms with Crippen LogP contribution in [0.1, 0.15) is 41.5 Å². The average molecular weight is 355 g/mol. The molecule has 0 heterocycles. The summed E-state index contributed by atoms with van der Waals surface area (Å²) in [5, 5.41) is 0. The number of hydrogen-bond acceptors (Lipinski definition) is 1. The Labute approximate surface area is 179 Å². The molecule has 0 saturated carbocycles. The number of rotatable bonds is 6. The van der Waals surface area contributed by atoms with Crippen molar-refractivity contribution in [2.24, 2.45) is 10.8 Å². The second kappa shape index (κ2) is 10.5. The van der Waals surface area contributed by atoms with Gasteiger partial charge in [-0.1, -0.05) is 86.2 Å². The van der Waals surface area contributed by atoms with Crippen molar-refractivity contribution in [2.45, 2.75) is 86.9 Å². The van der Waals surface area contributed by atoms with Crippen LogP contribution in [-0.2, 0) is 0 Å². The molecule has 0 aromatic carbocycles. The van der Waals surface area contributed by atoms with Crippen molar-refractivity contribution in [3.05, 3.63) is 22.9 Å². The predicted octanol–water partition coefficient (Wildman–Crippen LogP) is 0.176. The first-order valence-corrected chi connectivity index (χ1v) is 15.6. The van der Waals surface area contributed by atoms with Crippen molar-refractivity contribution in [1.29, 1.82) is 0 Å². The number of nitrogens with zero attached hydrogens (tertiary/aromatic N) is 1. The second-order valence-corrected chi connectivity index (χ2v) is 20.8. The molecule has 1 atom stereocenters. The molecule has 0 aliphatic heterocycles. The van der Waals surface area contributed by atoms with Gasteiger partial charge in [-0.25, -0.2) is 0 Å². The summed E-state index contributed by atoms with van der Waals surface area (Å²) in [4.78, 5) is 0. The molecule has 0 radical (unpaired) electrons. The van der Waals surface area contributed by atoms with Crippen LogP contribution in [-0.4, -0.2) is 22.2 Å². The monoisotopic (exact) mass is 354 g/mol. The molecule has 0 aliphatic carbocycles. The van der Waals surface area contributed by atoms with E-state index in [1.807, 2.05) is 0 Å². The Kier molecular flexibility index (Phi) is 13.0. The van der Waals surface area contributed by atoms with E-state index in [1.165, 1.54) is 5.70 Å². The van der Waals surface area contributed by atoms with Crippen LogP contribution in [0.3, 0.4) is 0 Å². The first-order valence-electron chi connectivity index (χ1n) is 8.47. The second-order valence-electron chi connectivity index (χ2n) is 10.8. The Morgan fingerprint density at radius 1 is 0.917 bits per heavy atom. The molecule has 2 nitrogen and oxygen atoms in total. The summed E-state index contributed by atoms with van der Waals surface area (Å²) in [5.41, 5.74) is 12.2. The van der Waals surface area contributed by atoms with Gasteiger partial charge in [0.05, 0.1) is 8.07 Å². The molecule has 1 unspecified atom stereocenters. The van der Waals surface area contributed by atoms with E-state index in [0.717, 1.165) is 0 Å². The summed E-state index contributed by atoms with van der Waals surface area (Å²) in [6.07, 6.45) is 0. The summed E-state index contributed by atoms with van der Waals surface area (Å²) in [6.45, 7) is 27.9. The van der Waals surface area contributed by atoms with Crippen molar-refractivity contribution in [1.82, 2.24) is 5.43 Å². The maximum absolute atomic E-state index is 4.87. The van der Waals surface area contributed by atoms with Crippen LogP contribution in [0.15, 0.2) is 11.4 Å². The van der Waals surface area contributed by atoms with Crippen LogP contribution < -0.4 is 43.1 Å². The quantitative estimate of drug-likeness (QED) is 0.411. The van der Waals surface area contributed by atoms with E-state index < -0.39 is 16.1 Å². The zero-order valence-electron chi connectivity index (χ0n) is 19.2. The van der Waals surface area contributed by atoms with E-state index >= 15 is 0 Å². The zero-order valence-corrected chi connectivity index (χ0v) is 21.2. The minimum atomic E-state index is -1.29. The van der Waals surface area contributed by atoms with Crippen LogP contribution in [0.5, 0.6) is 0 Å².